The average molecular weight is 657 g/mol. The molecular formula is C33H45FN6O7. The van der Waals surface area contributed by atoms with E-state index in [4.69, 9.17) is 31.1 Å². The summed E-state index contributed by atoms with van der Waals surface area (Å²) in [6.45, 7) is 9.00. The number of piperidine rings is 1. The number of alkyl carbamates (subject to hydrolysis) is 1. The molecule has 14 heteroatoms. The third-order valence-corrected chi connectivity index (χ3v) is 7.37. The highest BCUT2D eigenvalue weighted by molar-refractivity contribution is 5.93. The molecule has 2 amide bonds. The zero-order chi connectivity index (χ0) is 34.6. The molecule has 0 spiro atoms. The normalized spacial score (nSPS) is 18.7. The minimum atomic E-state index is -1.35. The number of oxime groups is 1. The molecule has 0 unspecified atom stereocenters. The Hall–Kier alpha value is -4.80. The third-order valence-electron chi connectivity index (χ3n) is 7.37. The number of halogens is 1. The van der Waals surface area contributed by atoms with Crippen molar-refractivity contribution in [2.24, 2.45) is 16.8 Å². The summed E-state index contributed by atoms with van der Waals surface area (Å²) in [6.07, 6.45) is 3.47. The van der Waals surface area contributed by atoms with Crippen LogP contribution in [0.4, 0.5) is 14.0 Å². The lowest BCUT2D eigenvalue weighted by Gasteiger charge is -2.37. The van der Waals surface area contributed by atoms with Crippen LogP contribution in [-0.4, -0.2) is 81.2 Å². The molecule has 0 radical (unpaired) electrons. The number of rotatable bonds is 13. The summed E-state index contributed by atoms with van der Waals surface area (Å²) in [7, 11) is 0. The molecule has 2 aromatic rings. The van der Waals surface area contributed by atoms with Crippen molar-refractivity contribution in [1.29, 1.82) is 0 Å². The van der Waals surface area contributed by atoms with E-state index in [0.717, 1.165) is 5.56 Å². The number of hydrogen-bond donors (Lipinski definition) is 3. The fourth-order valence-corrected chi connectivity index (χ4v) is 4.84. The molecule has 47 heavy (non-hydrogen) atoms. The first-order valence-electron chi connectivity index (χ1n) is 15.5. The fourth-order valence-electron chi connectivity index (χ4n) is 4.84. The summed E-state index contributed by atoms with van der Waals surface area (Å²) < 4.78 is 37.6. The summed E-state index contributed by atoms with van der Waals surface area (Å²) in [4.78, 5) is 34.9. The van der Waals surface area contributed by atoms with Gasteiger partial charge in [-0.2, -0.15) is 9.97 Å². The number of nitrogens with one attached hydrogen (secondary N) is 1. The van der Waals surface area contributed by atoms with Gasteiger partial charge in [0, 0.05) is 31.8 Å². The van der Waals surface area contributed by atoms with Gasteiger partial charge in [-0.15, -0.1) is 12.3 Å². The van der Waals surface area contributed by atoms with Crippen LogP contribution in [-0.2, 0) is 16.1 Å². The number of amides is 2. The van der Waals surface area contributed by atoms with Gasteiger partial charge in [-0.1, -0.05) is 42.4 Å². The van der Waals surface area contributed by atoms with Crippen LogP contribution in [0.25, 0.3) is 0 Å². The minimum absolute atomic E-state index is 0.0698. The highest BCUT2D eigenvalue weighted by Crippen LogP contribution is 2.27. The van der Waals surface area contributed by atoms with E-state index in [1.807, 2.05) is 30.3 Å². The lowest BCUT2D eigenvalue weighted by atomic mass is 9.97. The molecule has 256 valence electrons. The number of benzene rings is 1. The molecule has 13 nitrogen and oxygen atoms in total. The van der Waals surface area contributed by atoms with E-state index in [-0.39, 0.29) is 61.1 Å². The second-order valence-electron chi connectivity index (χ2n) is 12.4. The fraction of sp³-hybridized carbons (Fsp3) is 0.545. The molecule has 1 fully saturated rings. The van der Waals surface area contributed by atoms with Crippen molar-refractivity contribution in [3.63, 3.8) is 0 Å². The van der Waals surface area contributed by atoms with Gasteiger partial charge < -0.3 is 40.1 Å². The highest BCUT2D eigenvalue weighted by Gasteiger charge is 2.34. The molecule has 0 bridgehead atoms. The van der Waals surface area contributed by atoms with Crippen molar-refractivity contribution in [1.82, 2.24) is 20.2 Å². The Morgan fingerprint density at radius 1 is 1.23 bits per heavy atom. The summed E-state index contributed by atoms with van der Waals surface area (Å²) in [5, 5.41) is 14.7. The van der Waals surface area contributed by atoms with E-state index in [1.54, 1.807) is 39.5 Å². The molecule has 1 saturated heterocycles. The van der Waals surface area contributed by atoms with Crippen LogP contribution >= 0.6 is 0 Å². The van der Waals surface area contributed by atoms with Crippen molar-refractivity contribution in [3.8, 4) is 24.1 Å². The largest absolute Gasteiger partial charge is 0.474 e. The molecule has 1 aliphatic rings. The minimum Gasteiger partial charge on any atom is -0.474 e. The number of terminal acetylenes is 1. The first kappa shape index (κ1) is 36.7. The standard InChI is InChI=1S/C33H45FN6O7/c1-7-11-25-17-26(14-15-40(25)32(42)44-20-23-12-9-8-10-13-23)46-28-18-27(37-30(38-28)29(35)39-43)45-22(3)21(2)16-24(34)19-36-31(41)47-33(4,5)6/h1,8-10,12-13,18,21-22,24-26,43H,11,14-17,19-20H2,2-6H3,(H2,35,39)(H,36,41)/t21-,22-,24+,25+,26-/m0/s1. The van der Waals surface area contributed by atoms with Crippen LogP contribution in [0.1, 0.15) is 71.7 Å². The summed E-state index contributed by atoms with van der Waals surface area (Å²) in [6, 6.07) is 10.5. The van der Waals surface area contributed by atoms with Crippen LogP contribution in [0, 0.1) is 18.3 Å². The van der Waals surface area contributed by atoms with E-state index in [1.165, 1.54) is 6.07 Å². The Balaban J connectivity index is 1.63. The number of nitrogens with zero attached hydrogens (tertiary/aromatic N) is 4. The molecule has 1 aromatic carbocycles. The lowest BCUT2D eigenvalue weighted by molar-refractivity contribution is 0.0346. The van der Waals surface area contributed by atoms with E-state index < -0.39 is 30.1 Å². The van der Waals surface area contributed by atoms with Crippen molar-refractivity contribution in [3.05, 3.63) is 47.8 Å². The van der Waals surface area contributed by atoms with Crippen LogP contribution in [0.3, 0.4) is 0 Å². The lowest BCUT2D eigenvalue weighted by Crippen LogP contribution is -2.49. The number of hydrogen-bond acceptors (Lipinski definition) is 10. The van der Waals surface area contributed by atoms with E-state index in [2.05, 4.69) is 26.4 Å². The maximum Gasteiger partial charge on any atom is 0.410 e. The Morgan fingerprint density at radius 2 is 1.94 bits per heavy atom. The zero-order valence-corrected chi connectivity index (χ0v) is 27.5. The second kappa shape index (κ2) is 17.2. The van der Waals surface area contributed by atoms with Crippen LogP contribution < -0.4 is 20.5 Å². The van der Waals surface area contributed by atoms with Gasteiger partial charge in [-0.05, 0) is 45.6 Å². The molecule has 4 N–H and O–H groups in total. The SMILES string of the molecule is C#CC[C@@H]1C[C@@H](Oc2cc(O[C@@H](C)[C@@H](C)C[C@@H](F)CNC(=O)OC(C)(C)C)nc(C(N)=NO)n2)CCN1C(=O)OCc1ccccc1. The molecule has 5 atom stereocenters. The number of amidine groups is 1. The quantitative estimate of drug-likeness (QED) is 0.0895. The Morgan fingerprint density at radius 3 is 2.60 bits per heavy atom. The Kier molecular flexibility index (Phi) is 13.4. The van der Waals surface area contributed by atoms with E-state index in [0.29, 0.717) is 25.8 Å². The smallest absolute Gasteiger partial charge is 0.410 e. The molecular weight excluding hydrogens is 611 g/mol. The van der Waals surface area contributed by atoms with Crippen molar-refractivity contribution in [2.75, 3.05) is 13.1 Å². The number of ether oxygens (including phenoxy) is 4. The predicted molar refractivity (Wildman–Crippen MR) is 172 cm³/mol. The first-order valence-corrected chi connectivity index (χ1v) is 15.5. The van der Waals surface area contributed by atoms with Gasteiger partial charge >= 0.3 is 12.2 Å². The number of carbonyl (C=O) groups is 2. The van der Waals surface area contributed by atoms with Gasteiger partial charge in [0.25, 0.3) is 0 Å². The van der Waals surface area contributed by atoms with Gasteiger partial charge in [0.05, 0.1) is 12.6 Å². The van der Waals surface area contributed by atoms with Gasteiger partial charge in [-0.3, -0.25) is 0 Å². The molecule has 2 heterocycles. The molecule has 0 aliphatic carbocycles. The molecule has 0 saturated carbocycles. The van der Waals surface area contributed by atoms with Gasteiger partial charge in [0.15, 0.2) is 0 Å². The van der Waals surface area contributed by atoms with Crippen molar-refractivity contribution < 1.29 is 38.1 Å². The van der Waals surface area contributed by atoms with E-state index in [9.17, 15) is 19.2 Å². The predicted octanol–water partition coefficient (Wildman–Crippen LogP) is 4.80. The van der Waals surface area contributed by atoms with Crippen molar-refractivity contribution in [2.45, 2.75) is 96.9 Å². The first-order chi connectivity index (χ1) is 22.3. The second-order valence-corrected chi connectivity index (χ2v) is 12.4. The number of alkyl halides is 1. The number of likely N-dealkylation sites (tertiary alicyclic amines) is 1. The monoisotopic (exact) mass is 656 g/mol. The number of carbonyl (C=O) groups excluding carboxylic acids is 2. The number of aromatic nitrogens is 2. The molecule has 1 aromatic heterocycles. The zero-order valence-electron chi connectivity index (χ0n) is 27.5. The molecule has 1 aliphatic heterocycles. The van der Waals surface area contributed by atoms with E-state index >= 15 is 0 Å². The Bertz CT molecular complexity index is 1400. The average Bonchev–Trinajstić information content (AvgIpc) is 3.02. The van der Waals surface area contributed by atoms with Gasteiger partial charge in [0.2, 0.25) is 23.4 Å². The maximum atomic E-state index is 14.7. The van der Waals surface area contributed by atoms with Gasteiger partial charge in [0.1, 0.15) is 30.6 Å². The highest BCUT2D eigenvalue weighted by atomic mass is 19.1. The molecule has 3 rings (SSSR count). The van der Waals surface area contributed by atoms with Crippen LogP contribution in [0.15, 0.2) is 41.6 Å². The Labute approximate surface area is 275 Å². The third kappa shape index (κ3) is 12.1. The maximum absolute atomic E-state index is 14.7. The van der Waals surface area contributed by atoms with Gasteiger partial charge in [-0.25, -0.2) is 14.0 Å². The van der Waals surface area contributed by atoms with Crippen LogP contribution in [0.5, 0.6) is 11.8 Å². The number of nitrogens with two attached hydrogens (primary N) is 1. The topological polar surface area (TPSA) is 171 Å². The summed E-state index contributed by atoms with van der Waals surface area (Å²) >= 11 is 0. The van der Waals surface area contributed by atoms with Crippen LogP contribution in [0.2, 0.25) is 0 Å². The summed E-state index contributed by atoms with van der Waals surface area (Å²) in [5.41, 5.74) is 5.98. The van der Waals surface area contributed by atoms with Crippen molar-refractivity contribution >= 4 is 18.0 Å². The summed E-state index contributed by atoms with van der Waals surface area (Å²) in [5.74, 6) is 2.00.